The quantitative estimate of drug-likeness (QED) is 0.164. The molecule has 0 atom stereocenters. The molecular weight excluding hydrogens is 733 g/mol. The van der Waals surface area contributed by atoms with E-state index in [4.69, 9.17) is 0 Å². The Kier molecular flexibility index (Phi) is 7.75. The molecule has 10 aromatic carbocycles. The molecule has 0 unspecified atom stereocenters. The van der Waals surface area contributed by atoms with Crippen LogP contribution in [-0.4, -0.2) is 4.57 Å². The molecule has 2 nitrogen and oxygen atoms in total. The molecule has 12 rings (SSSR count). The van der Waals surface area contributed by atoms with E-state index in [2.05, 4.69) is 228 Å². The first-order valence-corrected chi connectivity index (χ1v) is 21.0. The summed E-state index contributed by atoms with van der Waals surface area (Å²) in [5, 5.41) is 10.2. The highest BCUT2D eigenvalue weighted by atomic mass is 32.1. The third kappa shape index (κ3) is 5.47. The standard InChI is InChI=1S/C56H36N2S/c1-3-13-37(14-4-1)45-19-11-12-20-46(45)40-23-27-42(28-24-40)58-51-32-29-43(35-49(51)55-47-21-9-7-15-38(47)25-31-52(55)58)57(41-17-5-2-6-18-41)44-30-34-53-50(36-44)56-48-22-10-8-16-39(48)26-33-54(56)59-53/h1-36H. The molecule has 0 spiro atoms. The molecule has 0 fully saturated rings. The average Bonchev–Trinajstić information content (AvgIpc) is 3.86. The fourth-order valence-corrected chi connectivity index (χ4v) is 10.4. The molecule has 0 amide bonds. The van der Waals surface area contributed by atoms with Gasteiger partial charge in [0.2, 0.25) is 0 Å². The Morgan fingerprint density at radius 3 is 1.61 bits per heavy atom. The Bertz CT molecular complexity index is 3540. The summed E-state index contributed by atoms with van der Waals surface area (Å²) in [4.78, 5) is 2.42. The maximum absolute atomic E-state index is 2.44. The van der Waals surface area contributed by atoms with E-state index in [1.54, 1.807) is 0 Å². The number of benzene rings is 10. The summed E-state index contributed by atoms with van der Waals surface area (Å²) in [7, 11) is 0. The molecule has 0 aliphatic rings. The maximum atomic E-state index is 2.44. The van der Waals surface area contributed by atoms with Gasteiger partial charge < -0.3 is 9.47 Å². The zero-order valence-corrected chi connectivity index (χ0v) is 32.9. The molecule has 59 heavy (non-hydrogen) atoms. The van der Waals surface area contributed by atoms with Crippen molar-refractivity contribution >= 4 is 91.9 Å². The van der Waals surface area contributed by atoms with Gasteiger partial charge in [0.25, 0.3) is 0 Å². The molecule has 0 saturated heterocycles. The van der Waals surface area contributed by atoms with E-state index in [0.29, 0.717) is 0 Å². The highest BCUT2D eigenvalue weighted by Crippen LogP contribution is 2.45. The predicted molar refractivity (Wildman–Crippen MR) is 254 cm³/mol. The van der Waals surface area contributed by atoms with Crippen molar-refractivity contribution in [3.8, 4) is 27.9 Å². The second-order valence-corrected chi connectivity index (χ2v) is 16.4. The largest absolute Gasteiger partial charge is 0.310 e. The van der Waals surface area contributed by atoms with Gasteiger partial charge in [0.05, 0.1) is 11.0 Å². The topological polar surface area (TPSA) is 8.17 Å². The fraction of sp³-hybridized carbons (Fsp3) is 0. The number of hydrogen-bond donors (Lipinski definition) is 0. The summed E-state index contributed by atoms with van der Waals surface area (Å²) in [6.45, 7) is 0. The van der Waals surface area contributed by atoms with Crippen LogP contribution >= 0.6 is 11.3 Å². The maximum Gasteiger partial charge on any atom is 0.0547 e. The Balaban J connectivity index is 1.05. The minimum absolute atomic E-state index is 1.12. The van der Waals surface area contributed by atoms with Gasteiger partial charge in [0, 0.05) is 53.7 Å². The lowest BCUT2D eigenvalue weighted by atomic mass is 9.94. The normalized spacial score (nSPS) is 11.7. The lowest BCUT2D eigenvalue weighted by Gasteiger charge is -2.26. The number of thiophene rings is 1. The summed E-state index contributed by atoms with van der Waals surface area (Å²) in [5.41, 5.74) is 11.8. The van der Waals surface area contributed by atoms with Crippen molar-refractivity contribution in [2.75, 3.05) is 4.90 Å². The molecule has 3 heteroatoms. The van der Waals surface area contributed by atoms with Gasteiger partial charge in [-0.25, -0.2) is 0 Å². The van der Waals surface area contributed by atoms with Crippen LogP contribution in [0.25, 0.3) is 91.5 Å². The van der Waals surface area contributed by atoms with Gasteiger partial charge in [0.15, 0.2) is 0 Å². The van der Waals surface area contributed by atoms with Gasteiger partial charge in [-0.3, -0.25) is 0 Å². The molecule has 0 saturated carbocycles. The van der Waals surface area contributed by atoms with E-state index in [-0.39, 0.29) is 0 Å². The lowest BCUT2D eigenvalue weighted by Crippen LogP contribution is -2.09. The summed E-state index contributed by atoms with van der Waals surface area (Å²) in [6.07, 6.45) is 0. The van der Waals surface area contributed by atoms with Crippen molar-refractivity contribution in [1.82, 2.24) is 4.57 Å². The molecule has 2 heterocycles. The van der Waals surface area contributed by atoms with Crippen LogP contribution in [0.1, 0.15) is 0 Å². The minimum Gasteiger partial charge on any atom is -0.310 e. The second-order valence-electron chi connectivity index (χ2n) is 15.3. The number of anilines is 3. The molecule has 0 aliphatic carbocycles. The highest BCUT2D eigenvalue weighted by molar-refractivity contribution is 7.26. The van der Waals surface area contributed by atoms with Crippen LogP contribution < -0.4 is 4.90 Å². The van der Waals surface area contributed by atoms with Crippen LogP contribution in [0.2, 0.25) is 0 Å². The van der Waals surface area contributed by atoms with Gasteiger partial charge in [-0.1, -0.05) is 146 Å². The van der Waals surface area contributed by atoms with Crippen molar-refractivity contribution < 1.29 is 0 Å². The monoisotopic (exact) mass is 768 g/mol. The Morgan fingerprint density at radius 1 is 0.339 bits per heavy atom. The van der Waals surface area contributed by atoms with E-state index >= 15 is 0 Å². The molecule has 0 bridgehead atoms. The van der Waals surface area contributed by atoms with Gasteiger partial charge in [-0.15, -0.1) is 11.3 Å². The molecule has 12 aromatic rings. The molecule has 0 radical (unpaired) electrons. The molecule has 276 valence electrons. The zero-order valence-electron chi connectivity index (χ0n) is 32.1. The molecule has 2 aromatic heterocycles. The smallest absolute Gasteiger partial charge is 0.0547 e. The first-order valence-electron chi connectivity index (χ1n) is 20.2. The molecule has 0 N–H and O–H groups in total. The van der Waals surface area contributed by atoms with E-state index in [1.807, 2.05) is 11.3 Å². The lowest BCUT2D eigenvalue weighted by molar-refractivity contribution is 1.18. The first kappa shape index (κ1) is 33.7. The van der Waals surface area contributed by atoms with E-state index in [0.717, 1.165) is 22.7 Å². The Morgan fingerprint density at radius 2 is 0.881 bits per heavy atom. The van der Waals surface area contributed by atoms with Crippen LogP contribution in [-0.2, 0) is 0 Å². The SMILES string of the molecule is c1ccc(-c2ccccc2-c2ccc(-n3c4ccc(N(c5ccccc5)c5ccc6sc7ccc8ccccc8c7c6c5)cc4c4c5ccccc5ccc43)cc2)cc1. The highest BCUT2D eigenvalue weighted by Gasteiger charge is 2.20. The first-order chi connectivity index (χ1) is 29.3. The van der Waals surface area contributed by atoms with Crippen molar-refractivity contribution in [2.24, 2.45) is 0 Å². The van der Waals surface area contributed by atoms with Crippen LogP contribution in [0.5, 0.6) is 0 Å². The number of fused-ring (bicyclic) bond motifs is 10. The van der Waals surface area contributed by atoms with Crippen LogP contribution in [0.4, 0.5) is 17.1 Å². The summed E-state index contributed by atoms with van der Waals surface area (Å²) in [6, 6.07) is 79.9. The van der Waals surface area contributed by atoms with Crippen molar-refractivity contribution in [3.05, 3.63) is 218 Å². The predicted octanol–water partition coefficient (Wildman–Crippen LogP) is 16.3. The molecular formula is C56H36N2S. The third-order valence-corrected chi connectivity index (χ3v) is 13.1. The Hall–Kier alpha value is -7.46. The summed E-state index contributed by atoms with van der Waals surface area (Å²) < 4.78 is 5.05. The van der Waals surface area contributed by atoms with Crippen LogP contribution in [0.3, 0.4) is 0 Å². The van der Waals surface area contributed by atoms with Crippen molar-refractivity contribution in [2.45, 2.75) is 0 Å². The van der Waals surface area contributed by atoms with E-state index < -0.39 is 0 Å². The van der Waals surface area contributed by atoms with Crippen molar-refractivity contribution in [1.29, 1.82) is 0 Å². The number of rotatable bonds is 6. The average molecular weight is 769 g/mol. The van der Waals surface area contributed by atoms with E-state index in [9.17, 15) is 0 Å². The van der Waals surface area contributed by atoms with Gasteiger partial charge in [-0.05, 0) is 117 Å². The number of nitrogens with zero attached hydrogens (tertiary/aromatic N) is 2. The van der Waals surface area contributed by atoms with Gasteiger partial charge in [-0.2, -0.15) is 0 Å². The number of hydrogen-bond acceptors (Lipinski definition) is 2. The number of aromatic nitrogens is 1. The van der Waals surface area contributed by atoms with Crippen LogP contribution in [0.15, 0.2) is 218 Å². The van der Waals surface area contributed by atoms with Crippen LogP contribution in [0, 0.1) is 0 Å². The van der Waals surface area contributed by atoms with E-state index in [1.165, 1.54) is 85.8 Å². The zero-order chi connectivity index (χ0) is 38.9. The summed E-state index contributed by atoms with van der Waals surface area (Å²) in [5.74, 6) is 0. The van der Waals surface area contributed by atoms with Gasteiger partial charge >= 0.3 is 0 Å². The Labute approximate surface area is 346 Å². The molecule has 0 aliphatic heterocycles. The third-order valence-electron chi connectivity index (χ3n) is 12.0. The number of para-hydroxylation sites is 1. The fourth-order valence-electron chi connectivity index (χ4n) is 9.29. The van der Waals surface area contributed by atoms with Crippen molar-refractivity contribution in [3.63, 3.8) is 0 Å². The minimum atomic E-state index is 1.12. The van der Waals surface area contributed by atoms with Gasteiger partial charge in [0.1, 0.15) is 0 Å². The second kappa shape index (κ2) is 13.6. The summed E-state index contributed by atoms with van der Waals surface area (Å²) >= 11 is 1.87.